The summed E-state index contributed by atoms with van der Waals surface area (Å²) in [5.41, 5.74) is 0.892. The Kier molecular flexibility index (Phi) is 5.25. The Hall–Kier alpha value is -2.52. The Labute approximate surface area is 154 Å². The second-order valence-electron chi connectivity index (χ2n) is 5.92. The smallest absolute Gasteiger partial charge is 0.137 e. The van der Waals surface area contributed by atoms with Gasteiger partial charge in [0.25, 0.3) is 0 Å². The van der Waals surface area contributed by atoms with E-state index in [2.05, 4.69) is 32.1 Å². The first-order chi connectivity index (χ1) is 12.1. The van der Waals surface area contributed by atoms with Crippen molar-refractivity contribution in [1.82, 2.24) is 14.8 Å². The quantitative estimate of drug-likeness (QED) is 0.622. The van der Waals surface area contributed by atoms with Crippen LogP contribution in [0.4, 0.5) is 4.39 Å². The SMILES string of the molecule is N#CC(CCc1ccc(Br)cc1)(Cn1cncn1)c1cccc(F)c1. The fourth-order valence-electron chi connectivity index (χ4n) is 2.86. The van der Waals surface area contributed by atoms with Crippen molar-refractivity contribution < 1.29 is 4.39 Å². The van der Waals surface area contributed by atoms with Gasteiger partial charge in [-0.1, -0.05) is 40.2 Å². The molecule has 2 aromatic carbocycles. The summed E-state index contributed by atoms with van der Waals surface area (Å²) in [7, 11) is 0. The Balaban J connectivity index is 1.92. The zero-order valence-corrected chi connectivity index (χ0v) is 15.0. The van der Waals surface area contributed by atoms with E-state index in [1.807, 2.05) is 24.3 Å². The molecule has 0 bridgehead atoms. The van der Waals surface area contributed by atoms with Gasteiger partial charge in [-0.2, -0.15) is 10.4 Å². The highest BCUT2D eigenvalue weighted by atomic mass is 79.9. The fraction of sp³-hybridized carbons (Fsp3) is 0.211. The summed E-state index contributed by atoms with van der Waals surface area (Å²) >= 11 is 3.42. The molecular formula is C19H16BrFN4. The third-order valence-corrected chi connectivity index (χ3v) is 4.77. The van der Waals surface area contributed by atoms with Gasteiger partial charge in [-0.15, -0.1) is 0 Å². The number of rotatable bonds is 6. The average molecular weight is 399 g/mol. The lowest BCUT2D eigenvalue weighted by Gasteiger charge is -2.27. The maximum Gasteiger partial charge on any atom is 0.137 e. The molecule has 0 N–H and O–H groups in total. The lowest BCUT2D eigenvalue weighted by Crippen LogP contribution is -2.31. The van der Waals surface area contributed by atoms with Crippen molar-refractivity contribution in [3.8, 4) is 6.07 Å². The predicted octanol–water partition coefficient (Wildman–Crippen LogP) is 4.27. The first-order valence-corrected chi connectivity index (χ1v) is 8.65. The number of hydrogen-bond donors (Lipinski definition) is 0. The van der Waals surface area contributed by atoms with Crippen LogP contribution in [0.2, 0.25) is 0 Å². The molecule has 25 heavy (non-hydrogen) atoms. The van der Waals surface area contributed by atoms with Crippen LogP contribution >= 0.6 is 15.9 Å². The Morgan fingerprint density at radius 3 is 2.64 bits per heavy atom. The van der Waals surface area contributed by atoms with Crippen molar-refractivity contribution in [3.63, 3.8) is 0 Å². The molecule has 0 aliphatic carbocycles. The van der Waals surface area contributed by atoms with Gasteiger partial charge < -0.3 is 0 Å². The summed E-state index contributed by atoms with van der Waals surface area (Å²) in [4.78, 5) is 3.94. The van der Waals surface area contributed by atoms with E-state index < -0.39 is 5.41 Å². The van der Waals surface area contributed by atoms with Crippen LogP contribution in [0.5, 0.6) is 0 Å². The molecule has 1 atom stereocenters. The van der Waals surface area contributed by atoms with Crippen LogP contribution < -0.4 is 0 Å². The molecule has 1 unspecified atom stereocenters. The highest BCUT2D eigenvalue weighted by Crippen LogP contribution is 2.31. The first kappa shape index (κ1) is 17.3. The second kappa shape index (κ2) is 7.58. The zero-order chi connectivity index (χ0) is 17.7. The second-order valence-corrected chi connectivity index (χ2v) is 6.84. The lowest BCUT2D eigenvalue weighted by molar-refractivity contribution is 0.400. The molecule has 1 aromatic heterocycles. The minimum atomic E-state index is -0.886. The van der Waals surface area contributed by atoms with Gasteiger partial charge in [0, 0.05) is 4.47 Å². The standard InChI is InChI=1S/C19H16BrFN4/c20-17-6-4-15(5-7-17)8-9-19(11-22,12-25-14-23-13-24-25)16-2-1-3-18(21)10-16/h1-7,10,13-14H,8-9,12H2. The van der Waals surface area contributed by atoms with E-state index in [1.54, 1.807) is 23.1 Å². The zero-order valence-electron chi connectivity index (χ0n) is 13.4. The van der Waals surface area contributed by atoms with Gasteiger partial charge >= 0.3 is 0 Å². The van der Waals surface area contributed by atoms with Crippen molar-refractivity contribution in [2.24, 2.45) is 0 Å². The van der Waals surface area contributed by atoms with Crippen molar-refractivity contribution in [1.29, 1.82) is 5.26 Å². The summed E-state index contributed by atoms with van der Waals surface area (Å²) in [6.07, 6.45) is 4.26. The van der Waals surface area contributed by atoms with Crippen LogP contribution in [-0.4, -0.2) is 14.8 Å². The molecule has 3 aromatic rings. The molecule has 0 saturated carbocycles. The van der Waals surface area contributed by atoms with Crippen LogP contribution in [-0.2, 0) is 18.4 Å². The van der Waals surface area contributed by atoms with Gasteiger partial charge in [0.1, 0.15) is 23.9 Å². The van der Waals surface area contributed by atoms with Crippen molar-refractivity contribution in [2.45, 2.75) is 24.8 Å². The van der Waals surface area contributed by atoms with Gasteiger partial charge in [0.05, 0.1) is 12.6 Å². The maximum atomic E-state index is 13.8. The van der Waals surface area contributed by atoms with E-state index in [4.69, 9.17) is 0 Å². The number of nitrogens with zero attached hydrogens (tertiary/aromatic N) is 4. The Bertz CT molecular complexity index is 871. The summed E-state index contributed by atoms with van der Waals surface area (Å²) in [6, 6.07) is 16.7. The monoisotopic (exact) mass is 398 g/mol. The van der Waals surface area contributed by atoms with Gasteiger partial charge in [-0.3, -0.25) is 4.68 Å². The number of aryl methyl sites for hydroxylation is 1. The summed E-state index contributed by atoms with van der Waals surface area (Å²) in [5.74, 6) is -0.348. The summed E-state index contributed by atoms with van der Waals surface area (Å²) in [6.45, 7) is 0.323. The number of nitriles is 1. The highest BCUT2D eigenvalue weighted by Gasteiger charge is 2.33. The molecule has 0 spiro atoms. The molecule has 0 radical (unpaired) electrons. The van der Waals surface area contributed by atoms with Crippen molar-refractivity contribution in [3.05, 3.63) is 82.6 Å². The van der Waals surface area contributed by atoms with E-state index in [9.17, 15) is 9.65 Å². The molecule has 4 nitrogen and oxygen atoms in total. The number of hydrogen-bond acceptors (Lipinski definition) is 3. The van der Waals surface area contributed by atoms with E-state index in [0.717, 1.165) is 10.0 Å². The molecule has 0 saturated heterocycles. The average Bonchev–Trinajstić information content (AvgIpc) is 3.13. The van der Waals surface area contributed by atoms with Crippen LogP contribution in [0.1, 0.15) is 17.5 Å². The summed E-state index contributed by atoms with van der Waals surface area (Å²) < 4.78 is 16.4. The van der Waals surface area contributed by atoms with E-state index >= 15 is 0 Å². The number of aromatic nitrogens is 3. The number of halogens is 2. The molecule has 0 aliphatic rings. The highest BCUT2D eigenvalue weighted by molar-refractivity contribution is 9.10. The van der Waals surface area contributed by atoms with E-state index in [1.165, 1.54) is 18.5 Å². The Morgan fingerprint density at radius 1 is 1.20 bits per heavy atom. The number of benzene rings is 2. The molecule has 1 heterocycles. The van der Waals surface area contributed by atoms with E-state index in [0.29, 0.717) is 24.9 Å². The van der Waals surface area contributed by atoms with Crippen LogP contribution in [0.15, 0.2) is 65.7 Å². The largest absolute Gasteiger partial charge is 0.251 e. The Morgan fingerprint density at radius 2 is 2.00 bits per heavy atom. The van der Waals surface area contributed by atoms with Gasteiger partial charge in [0.2, 0.25) is 0 Å². The minimum absolute atomic E-state index is 0.323. The lowest BCUT2D eigenvalue weighted by atomic mass is 9.77. The van der Waals surface area contributed by atoms with E-state index in [-0.39, 0.29) is 5.82 Å². The first-order valence-electron chi connectivity index (χ1n) is 7.85. The molecule has 0 amide bonds. The third kappa shape index (κ3) is 4.12. The van der Waals surface area contributed by atoms with Crippen LogP contribution in [0.25, 0.3) is 0 Å². The maximum absolute atomic E-state index is 13.8. The molecule has 0 fully saturated rings. The fourth-order valence-corrected chi connectivity index (χ4v) is 3.12. The molecule has 6 heteroatoms. The van der Waals surface area contributed by atoms with Gasteiger partial charge in [-0.05, 0) is 48.2 Å². The van der Waals surface area contributed by atoms with Crippen LogP contribution in [0, 0.1) is 17.1 Å². The summed E-state index contributed by atoms with van der Waals surface area (Å²) in [5, 5.41) is 14.1. The molecule has 3 rings (SSSR count). The topological polar surface area (TPSA) is 54.5 Å². The van der Waals surface area contributed by atoms with Crippen molar-refractivity contribution >= 4 is 15.9 Å². The van der Waals surface area contributed by atoms with Gasteiger partial charge in [-0.25, -0.2) is 9.37 Å². The van der Waals surface area contributed by atoms with Crippen molar-refractivity contribution in [2.75, 3.05) is 0 Å². The van der Waals surface area contributed by atoms with Crippen LogP contribution in [0.3, 0.4) is 0 Å². The van der Waals surface area contributed by atoms with Gasteiger partial charge in [0.15, 0.2) is 0 Å². The molecule has 0 aliphatic heterocycles. The minimum Gasteiger partial charge on any atom is -0.251 e. The molecular weight excluding hydrogens is 383 g/mol. The normalized spacial score (nSPS) is 13.2. The third-order valence-electron chi connectivity index (χ3n) is 4.24. The predicted molar refractivity (Wildman–Crippen MR) is 96.2 cm³/mol. The molecule has 126 valence electrons.